The molecule has 1 aliphatic heterocycles. The topological polar surface area (TPSA) is 37.3 Å². The van der Waals surface area contributed by atoms with Crippen LogP contribution in [0.15, 0.2) is 65.8 Å². The van der Waals surface area contributed by atoms with E-state index in [2.05, 4.69) is 15.3 Å². The standard InChI is InChI=1S/C18H12F3N3/c19-18(20,21)16-13-10-22-14-9-5-4-8-12(14)15(13)23-17(24-16)11-6-2-1-3-7-11/h1-10,17,23H. The Bertz CT molecular complexity index is 933. The largest absolute Gasteiger partial charge is 0.433 e. The zero-order chi connectivity index (χ0) is 16.7. The molecule has 2 heterocycles. The van der Waals surface area contributed by atoms with Gasteiger partial charge < -0.3 is 5.32 Å². The van der Waals surface area contributed by atoms with E-state index in [0.29, 0.717) is 22.2 Å². The van der Waals surface area contributed by atoms with Gasteiger partial charge in [-0.3, -0.25) is 9.98 Å². The number of aliphatic imine (C=N–C) groups is 1. The molecule has 120 valence electrons. The van der Waals surface area contributed by atoms with Gasteiger partial charge in [0, 0.05) is 17.1 Å². The van der Waals surface area contributed by atoms with Crippen molar-refractivity contribution in [1.82, 2.24) is 4.98 Å². The molecule has 0 amide bonds. The molecule has 1 aromatic heterocycles. The van der Waals surface area contributed by atoms with Gasteiger partial charge in [0.2, 0.25) is 0 Å². The number of alkyl halides is 3. The van der Waals surface area contributed by atoms with Crippen molar-refractivity contribution in [1.29, 1.82) is 0 Å². The Morgan fingerprint density at radius 1 is 0.917 bits per heavy atom. The highest BCUT2D eigenvalue weighted by Crippen LogP contribution is 2.38. The van der Waals surface area contributed by atoms with Crippen LogP contribution >= 0.6 is 0 Å². The smallest absolute Gasteiger partial charge is 0.359 e. The molecule has 0 fully saturated rings. The molecule has 0 saturated carbocycles. The van der Waals surface area contributed by atoms with Crippen LogP contribution in [0.1, 0.15) is 17.3 Å². The minimum atomic E-state index is -4.55. The lowest BCUT2D eigenvalue weighted by atomic mass is 10.0. The summed E-state index contributed by atoms with van der Waals surface area (Å²) in [7, 11) is 0. The number of rotatable bonds is 1. The second-order valence-corrected chi connectivity index (χ2v) is 5.50. The molecule has 0 radical (unpaired) electrons. The molecule has 24 heavy (non-hydrogen) atoms. The van der Waals surface area contributed by atoms with Crippen molar-refractivity contribution in [3.63, 3.8) is 0 Å². The summed E-state index contributed by atoms with van der Waals surface area (Å²) in [5.41, 5.74) is 0.804. The first-order valence-corrected chi connectivity index (χ1v) is 7.38. The quantitative estimate of drug-likeness (QED) is 0.703. The van der Waals surface area contributed by atoms with Crippen LogP contribution in [0.5, 0.6) is 0 Å². The normalized spacial score (nSPS) is 17.1. The molecular weight excluding hydrogens is 315 g/mol. The van der Waals surface area contributed by atoms with Crippen LogP contribution in [0.25, 0.3) is 10.9 Å². The molecule has 6 heteroatoms. The number of para-hydroxylation sites is 1. The van der Waals surface area contributed by atoms with E-state index in [1.807, 2.05) is 6.07 Å². The van der Waals surface area contributed by atoms with Crippen LogP contribution in [-0.4, -0.2) is 16.9 Å². The minimum Gasteiger partial charge on any atom is -0.359 e. The van der Waals surface area contributed by atoms with E-state index in [0.717, 1.165) is 0 Å². The van der Waals surface area contributed by atoms with E-state index in [1.54, 1.807) is 48.5 Å². The zero-order valence-electron chi connectivity index (χ0n) is 12.4. The predicted octanol–water partition coefficient (Wildman–Crippen LogP) is 4.71. The number of benzene rings is 2. The number of hydrogen-bond acceptors (Lipinski definition) is 3. The lowest BCUT2D eigenvalue weighted by Crippen LogP contribution is -2.31. The number of nitrogens with zero attached hydrogens (tertiary/aromatic N) is 2. The maximum atomic E-state index is 13.5. The van der Waals surface area contributed by atoms with E-state index >= 15 is 0 Å². The number of nitrogens with one attached hydrogen (secondary N) is 1. The molecule has 1 atom stereocenters. The Morgan fingerprint density at radius 2 is 1.62 bits per heavy atom. The lowest BCUT2D eigenvalue weighted by molar-refractivity contribution is -0.0585. The maximum absolute atomic E-state index is 13.5. The Hall–Kier alpha value is -2.89. The summed E-state index contributed by atoms with van der Waals surface area (Å²) in [6.07, 6.45) is -4.10. The second kappa shape index (κ2) is 5.33. The molecule has 0 spiro atoms. The van der Waals surface area contributed by atoms with Gasteiger partial charge in [-0.1, -0.05) is 48.5 Å². The molecule has 0 bridgehead atoms. The highest BCUT2D eigenvalue weighted by atomic mass is 19.4. The van der Waals surface area contributed by atoms with Crippen LogP contribution in [0, 0.1) is 0 Å². The van der Waals surface area contributed by atoms with Gasteiger partial charge in [-0.05, 0) is 11.6 Å². The summed E-state index contributed by atoms with van der Waals surface area (Å²) in [6.45, 7) is 0. The molecule has 2 aromatic carbocycles. The first kappa shape index (κ1) is 14.7. The van der Waals surface area contributed by atoms with Crippen molar-refractivity contribution >= 4 is 22.3 Å². The summed E-state index contributed by atoms with van der Waals surface area (Å²) in [5.74, 6) is 0. The average molecular weight is 327 g/mol. The molecule has 0 saturated heterocycles. The van der Waals surface area contributed by atoms with Gasteiger partial charge in [-0.15, -0.1) is 0 Å². The highest BCUT2D eigenvalue weighted by Gasteiger charge is 2.41. The second-order valence-electron chi connectivity index (χ2n) is 5.50. The molecule has 1 aliphatic rings. The monoisotopic (exact) mass is 327 g/mol. The van der Waals surface area contributed by atoms with Crippen LogP contribution < -0.4 is 5.32 Å². The van der Waals surface area contributed by atoms with Crippen LogP contribution in [0.4, 0.5) is 18.9 Å². The summed E-state index contributed by atoms with van der Waals surface area (Å²) < 4.78 is 40.6. The Morgan fingerprint density at radius 3 is 2.38 bits per heavy atom. The summed E-state index contributed by atoms with van der Waals surface area (Å²) in [6, 6.07) is 16.0. The molecule has 0 aliphatic carbocycles. The van der Waals surface area contributed by atoms with Crippen molar-refractivity contribution < 1.29 is 13.2 Å². The van der Waals surface area contributed by atoms with Gasteiger partial charge in [-0.2, -0.15) is 13.2 Å². The van der Waals surface area contributed by atoms with Crippen LogP contribution in [-0.2, 0) is 0 Å². The van der Waals surface area contributed by atoms with Crippen molar-refractivity contribution in [2.45, 2.75) is 12.3 Å². The van der Waals surface area contributed by atoms with E-state index < -0.39 is 18.1 Å². The first-order valence-electron chi connectivity index (χ1n) is 7.38. The van der Waals surface area contributed by atoms with Crippen LogP contribution in [0.2, 0.25) is 0 Å². The van der Waals surface area contributed by atoms with Crippen molar-refractivity contribution in [2.75, 3.05) is 5.32 Å². The van der Waals surface area contributed by atoms with E-state index in [-0.39, 0.29) is 5.56 Å². The van der Waals surface area contributed by atoms with E-state index in [1.165, 1.54) is 6.20 Å². The number of aromatic nitrogens is 1. The molecule has 4 rings (SSSR count). The Labute approximate surface area is 135 Å². The SMILES string of the molecule is FC(F)(F)C1=NC(c2ccccc2)Nc2c1cnc1ccccc21. The molecule has 1 unspecified atom stereocenters. The molecule has 3 nitrogen and oxygen atoms in total. The fourth-order valence-electron chi connectivity index (χ4n) is 2.86. The number of pyridine rings is 1. The summed E-state index contributed by atoms with van der Waals surface area (Å²) >= 11 is 0. The van der Waals surface area contributed by atoms with Crippen LogP contribution in [0.3, 0.4) is 0 Å². The fourth-order valence-corrected chi connectivity index (χ4v) is 2.86. The third-order valence-corrected chi connectivity index (χ3v) is 3.95. The predicted molar refractivity (Wildman–Crippen MR) is 87.1 cm³/mol. The average Bonchev–Trinajstić information content (AvgIpc) is 2.60. The minimum absolute atomic E-state index is 0.0200. The van der Waals surface area contributed by atoms with Crippen molar-refractivity contribution in [2.24, 2.45) is 4.99 Å². The fraction of sp³-hybridized carbons (Fsp3) is 0.111. The van der Waals surface area contributed by atoms with Crippen molar-refractivity contribution in [3.05, 3.63) is 71.9 Å². The molecule has 1 N–H and O–H groups in total. The summed E-state index contributed by atoms with van der Waals surface area (Å²) in [4.78, 5) is 8.05. The number of fused-ring (bicyclic) bond motifs is 3. The Balaban J connectivity index is 1.95. The van der Waals surface area contributed by atoms with Gasteiger partial charge in [0.25, 0.3) is 0 Å². The Kier molecular flexibility index (Phi) is 3.26. The molecule has 3 aromatic rings. The van der Waals surface area contributed by atoms with Crippen molar-refractivity contribution in [3.8, 4) is 0 Å². The number of halogens is 3. The lowest BCUT2D eigenvalue weighted by Gasteiger charge is -2.27. The van der Waals surface area contributed by atoms with Gasteiger partial charge in [0.1, 0.15) is 6.17 Å². The van der Waals surface area contributed by atoms with Gasteiger partial charge in [0.05, 0.1) is 11.2 Å². The number of hydrogen-bond donors (Lipinski definition) is 1. The van der Waals surface area contributed by atoms with Gasteiger partial charge in [0.15, 0.2) is 5.71 Å². The highest BCUT2D eigenvalue weighted by molar-refractivity contribution is 6.14. The maximum Gasteiger partial charge on any atom is 0.433 e. The third-order valence-electron chi connectivity index (χ3n) is 3.95. The zero-order valence-corrected chi connectivity index (χ0v) is 12.4. The number of anilines is 1. The van der Waals surface area contributed by atoms with E-state index in [4.69, 9.17) is 0 Å². The summed E-state index contributed by atoms with van der Waals surface area (Å²) in [5, 5.41) is 3.78. The molecular formula is C18H12F3N3. The van der Waals surface area contributed by atoms with E-state index in [9.17, 15) is 13.2 Å². The van der Waals surface area contributed by atoms with Gasteiger partial charge in [-0.25, -0.2) is 0 Å². The third kappa shape index (κ3) is 2.40. The van der Waals surface area contributed by atoms with Gasteiger partial charge >= 0.3 is 6.18 Å². The first-order chi connectivity index (χ1) is 11.5.